The van der Waals surface area contributed by atoms with Crippen LogP contribution in [0, 0.1) is 5.41 Å². The van der Waals surface area contributed by atoms with E-state index in [9.17, 15) is 4.79 Å². The monoisotopic (exact) mass is 241 g/mol. The lowest BCUT2D eigenvalue weighted by atomic mass is 9.94. The van der Waals surface area contributed by atoms with Crippen LogP contribution in [0.4, 0.5) is 0 Å². The van der Waals surface area contributed by atoms with Gasteiger partial charge in [-0.2, -0.15) is 0 Å². The van der Waals surface area contributed by atoms with Gasteiger partial charge in [0, 0.05) is 31.6 Å². The molecule has 0 unspecified atom stereocenters. The zero-order valence-corrected chi connectivity index (χ0v) is 11.8. The van der Waals surface area contributed by atoms with E-state index in [1.54, 1.807) is 0 Å². The van der Waals surface area contributed by atoms with Crippen molar-refractivity contribution in [1.29, 1.82) is 0 Å². The van der Waals surface area contributed by atoms with Gasteiger partial charge in [-0.1, -0.05) is 20.8 Å². The second-order valence-electron chi connectivity index (χ2n) is 5.84. The number of amides is 1. The Morgan fingerprint density at radius 2 is 1.76 bits per heavy atom. The van der Waals surface area contributed by atoms with Crippen LogP contribution in [0.2, 0.25) is 0 Å². The minimum atomic E-state index is -0.242. The van der Waals surface area contributed by atoms with Gasteiger partial charge in [0.2, 0.25) is 5.91 Å². The van der Waals surface area contributed by atoms with Gasteiger partial charge < -0.3 is 10.2 Å². The third kappa shape index (κ3) is 4.64. The minimum absolute atomic E-state index is 0.242. The summed E-state index contributed by atoms with van der Waals surface area (Å²) in [6.45, 7) is 12.0. The summed E-state index contributed by atoms with van der Waals surface area (Å²) in [5, 5.41) is 3.16. The van der Waals surface area contributed by atoms with Crippen LogP contribution in [0.3, 0.4) is 0 Å². The Bertz CT molecular complexity index is 240. The average Bonchev–Trinajstić information content (AvgIpc) is 2.28. The Morgan fingerprint density at radius 3 is 2.24 bits per heavy atom. The fourth-order valence-electron chi connectivity index (χ4n) is 2.13. The molecule has 0 radical (unpaired) electrons. The third-order valence-electron chi connectivity index (χ3n) is 3.20. The van der Waals surface area contributed by atoms with E-state index >= 15 is 0 Å². The van der Waals surface area contributed by atoms with Gasteiger partial charge in [0.25, 0.3) is 0 Å². The molecule has 4 nitrogen and oxygen atoms in total. The van der Waals surface area contributed by atoms with Crippen LogP contribution in [0.1, 0.15) is 27.2 Å². The number of carbonyl (C=O) groups is 1. The number of hydrogen-bond donors (Lipinski definition) is 1. The molecule has 1 heterocycles. The molecule has 1 aliphatic rings. The van der Waals surface area contributed by atoms with Gasteiger partial charge in [0.05, 0.1) is 0 Å². The van der Waals surface area contributed by atoms with Crippen molar-refractivity contribution >= 4 is 5.91 Å². The highest BCUT2D eigenvalue weighted by atomic mass is 16.2. The van der Waals surface area contributed by atoms with Crippen LogP contribution < -0.4 is 5.32 Å². The normalized spacial score (nSPS) is 18.5. The molecule has 0 aromatic heterocycles. The maximum atomic E-state index is 12.1. The van der Waals surface area contributed by atoms with E-state index in [1.807, 2.05) is 32.7 Å². The molecule has 17 heavy (non-hydrogen) atoms. The first-order valence-electron chi connectivity index (χ1n) is 6.61. The average molecular weight is 241 g/mol. The first-order chi connectivity index (χ1) is 7.95. The van der Waals surface area contributed by atoms with Crippen molar-refractivity contribution in [3.63, 3.8) is 0 Å². The van der Waals surface area contributed by atoms with E-state index < -0.39 is 0 Å². The molecule has 100 valence electrons. The number of nitrogens with one attached hydrogen (secondary N) is 1. The molecule has 0 bridgehead atoms. The Hall–Kier alpha value is -0.610. The van der Waals surface area contributed by atoms with Gasteiger partial charge in [0.1, 0.15) is 0 Å². The molecule has 1 rings (SSSR count). The Kier molecular flexibility index (Phi) is 5.40. The van der Waals surface area contributed by atoms with E-state index in [2.05, 4.69) is 10.2 Å². The molecular formula is C13H27N3O. The number of carbonyl (C=O) groups excluding carboxylic acids is 1. The maximum Gasteiger partial charge on any atom is 0.228 e. The summed E-state index contributed by atoms with van der Waals surface area (Å²) in [5.74, 6) is 0.285. The molecule has 1 amide bonds. The van der Waals surface area contributed by atoms with Crippen LogP contribution in [-0.2, 0) is 4.79 Å². The van der Waals surface area contributed by atoms with Crippen molar-refractivity contribution in [2.75, 3.05) is 46.3 Å². The summed E-state index contributed by atoms with van der Waals surface area (Å²) in [7, 11) is 1.99. The lowest BCUT2D eigenvalue weighted by molar-refractivity contribution is -0.141. The van der Waals surface area contributed by atoms with E-state index in [0.717, 1.165) is 39.3 Å². The maximum absolute atomic E-state index is 12.1. The molecule has 0 spiro atoms. The van der Waals surface area contributed by atoms with Gasteiger partial charge in [0.15, 0.2) is 0 Å². The molecule has 0 aromatic rings. The van der Waals surface area contributed by atoms with Crippen molar-refractivity contribution in [2.45, 2.75) is 27.2 Å². The van der Waals surface area contributed by atoms with Gasteiger partial charge >= 0.3 is 0 Å². The van der Waals surface area contributed by atoms with E-state index in [-0.39, 0.29) is 11.3 Å². The van der Waals surface area contributed by atoms with Crippen molar-refractivity contribution < 1.29 is 4.79 Å². The highest BCUT2D eigenvalue weighted by Crippen LogP contribution is 2.18. The molecule has 0 saturated carbocycles. The lowest BCUT2D eigenvalue weighted by Crippen LogP contribution is -2.51. The standard InChI is InChI=1S/C13H27N3O/c1-13(2,3)12(17)16-10-8-15(9-11-16)7-5-6-14-4/h14H,5-11H2,1-4H3. The van der Waals surface area contributed by atoms with Gasteiger partial charge in [-0.3, -0.25) is 9.69 Å². The van der Waals surface area contributed by atoms with Gasteiger partial charge in [-0.05, 0) is 26.6 Å². The molecule has 0 aromatic carbocycles. The van der Waals surface area contributed by atoms with Crippen LogP contribution in [0.15, 0.2) is 0 Å². The summed E-state index contributed by atoms with van der Waals surface area (Å²) >= 11 is 0. The minimum Gasteiger partial charge on any atom is -0.340 e. The van der Waals surface area contributed by atoms with Crippen molar-refractivity contribution in [3.05, 3.63) is 0 Å². The second kappa shape index (κ2) is 6.36. The molecule has 1 N–H and O–H groups in total. The van der Waals surface area contributed by atoms with Gasteiger partial charge in [-0.25, -0.2) is 0 Å². The molecule has 1 fully saturated rings. The summed E-state index contributed by atoms with van der Waals surface area (Å²) in [6.07, 6.45) is 1.18. The van der Waals surface area contributed by atoms with Crippen LogP contribution in [-0.4, -0.2) is 62.0 Å². The molecule has 4 heteroatoms. The quantitative estimate of drug-likeness (QED) is 0.739. The smallest absolute Gasteiger partial charge is 0.228 e. The summed E-state index contributed by atoms with van der Waals surface area (Å²) < 4.78 is 0. The van der Waals surface area contributed by atoms with Crippen molar-refractivity contribution in [1.82, 2.24) is 15.1 Å². The predicted octanol–water partition coefficient (Wildman–Crippen LogP) is 0.786. The molecule has 1 aliphatic heterocycles. The van der Waals surface area contributed by atoms with Crippen LogP contribution >= 0.6 is 0 Å². The Balaban J connectivity index is 2.28. The fourth-order valence-corrected chi connectivity index (χ4v) is 2.13. The summed E-state index contributed by atoms with van der Waals surface area (Å²) in [4.78, 5) is 16.5. The van der Waals surface area contributed by atoms with Crippen LogP contribution in [0.5, 0.6) is 0 Å². The zero-order chi connectivity index (χ0) is 12.9. The highest BCUT2D eigenvalue weighted by Gasteiger charge is 2.29. The number of hydrogen-bond acceptors (Lipinski definition) is 3. The van der Waals surface area contributed by atoms with Crippen molar-refractivity contribution in [3.8, 4) is 0 Å². The summed E-state index contributed by atoms with van der Waals surface area (Å²) in [5.41, 5.74) is -0.242. The zero-order valence-electron chi connectivity index (χ0n) is 11.8. The number of piperazine rings is 1. The van der Waals surface area contributed by atoms with E-state index in [4.69, 9.17) is 0 Å². The van der Waals surface area contributed by atoms with E-state index in [1.165, 1.54) is 6.42 Å². The highest BCUT2D eigenvalue weighted by molar-refractivity contribution is 5.81. The van der Waals surface area contributed by atoms with Crippen molar-refractivity contribution in [2.24, 2.45) is 5.41 Å². The number of nitrogens with zero attached hydrogens (tertiary/aromatic N) is 2. The number of rotatable bonds is 4. The topological polar surface area (TPSA) is 35.6 Å². The molecule has 0 atom stereocenters. The third-order valence-corrected chi connectivity index (χ3v) is 3.20. The fraction of sp³-hybridized carbons (Fsp3) is 0.923. The lowest BCUT2D eigenvalue weighted by Gasteiger charge is -2.37. The Labute approximate surface area is 105 Å². The SMILES string of the molecule is CNCCCN1CCN(C(=O)C(C)(C)C)CC1. The van der Waals surface area contributed by atoms with E-state index in [0.29, 0.717) is 0 Å². The second-order valence-corrected chi connectivity index (χ2v) is 5.84. The first kappa shape index (κ1) is 14.5. The van der Waals surface area contributed by atoms with Crippen LogP contribution in [0.25, 0.3) is 0 Å². The Morgan fingerprint density at radius 1 is 1.18 bits per heavy atom. The molecule has 0 aliphatic carbocycles. The predicted molar refractivity (Wildman–Crippen MR) is 71.0 cm³/mol. The largest absolute Gasteiger partial charge is 0.340 e. The first-order valence-corrected chi connectivity index (χ1v) is 6.61. The molecular weight excluding hydrogens is 214 g/mol. The van der Waals surface area contributed by atoms with Gasteiger partial charge in [-0.15, -0.1) is 0 Å². The molecule has 1 saturated heterocycles. The summed E-state index contributed by atoms with van der Waals surface area (Å²) in [6, 6.07) is 0.